The molecule has 0 saturated heterocycles. The molecule has 2 N–H and O–H groups in total. The minimum Gasteiger partial charge on any atom is -0.461 e. The van der Waals surface area contributed by atoms with Gasteiger partial charge in [-0.2, -0.15) is 0 Å². The van der Waals surface area contributed by atoms with Crippen molar-refractivity contribution < 1.29 is 9.21 Å². The first-order valence-corrected chi connectivity index (χ1v) is 4.54. The smallest absolute Gasteiger partial charge is 0.198 e. The predicted octanol–water partition coefficient (Wildman–Crippen LogP) is 1.84. The highest BCUT2D eigenvalue weighted by molar-refractivity contribution is 5.93. The van der Waals surface area contributed by atoms with E-state index in [0.717, 1.165) is 6.42 Å². The van der Waals surface area contributed by atoms with Crippen LogP contribution < -0.4 is 5.73 Å². The van der Waals surface area contributed by atoms with Gasteiger partial charge >= 0.3 is 0 Å². The second kappa shape index (κ2) is 4.82. The standard InChI is InChI=1S/C10H15NO2/c1-2-8(7-11)6-9(12)10-4-3-5-13-10/h3-5,8H,2,6-7,11H2,1H3. The number of hydrogen-bond donors (Lipinski definition) is 1. The molecule has 0 aliphatic carbocycles. The van der Waals surface area contributed by atoms with Gasteiger partial charge in [-0.25, -0.2) is 0 Å². The summed E-state index contributed by atoms with van der Waals surface area (Å²) in [6.07, 6.45) is 2.93. The summed E-state index contributed by atoms with van der Waals surface area (Å²) in [5, 5.41) is 0. The Morgan fingerprint density at radius 1 is 1.69 bits per heavy atom. The van der Waals surface area contributed by atoms with Crippen molar-refractivity contribution in [1.29, 1.82) is 0 Å². The maximum absolute atomic E-state index is 11.5. The van der Waals surface area contributed by atoms with Gasteiger partial charge in [-0.3, -0.25) is 4.79 Å². The maximum Gasteiger partial charge on any atom is 0.198 e. The van der Waals surface area contributed by atoms with Crippen molar-refractivity contribution in [2.24, 2.45) is 11.7 Å². The number of rotatable bonds is 5. The Balaban J connectivity index is 2.50. The number of ketones is 1. The first kappa shape index (κ1) is 9.99. The lowest BCUT2D eigenvalue weighted by Crippen LogP contribution is -2.17. The molecule has 0 amide bonds. The van der Waals surface area contributed by atoms with E-state index in [0.29, 0.717) is 18.7 Å². The summed E-state index contributed by atoms with van der Waals surface area (Å²) in [5.74, 6) is 0.756. The third kappa shape index (κ3) is 2.70. The summed E-state index contributed by atoms with van der Waals surface area (Å²) in [6.45, 7) is 2.59. The van der Waals surface area contributed by atoms with Gasteiger partial charge in [0, 0.05) is 6.42 Å². The summed E-state index contributed by atoms with van der Waals surface area (Å²) >= 11 is 0. The van der Waals surface area contributed by atoms with E-state index < -0.39 is 0 Å². The summed E-state index contributed by atoms with van der Waals surface area (Å²) in [4.78, 5) is 11.5. The molecule has 0 bridgehead atoms. The highest BCUT2D eigenvalue weighted by Crippen LogP contribution is 2.12. The Kier molecular flexibility index (Phi) is 3.71. The van der Waals surface area contributed by atoms with E-state index in [-0.39, 0.29) is 11.7 Å². The number of hydrogen-bond acceptors (Lipinski definition) is 3. The normalized spacial score (nSPS) is 12.8. The van der Waals surface area contributed by atoms with Gasteiger partial charge in [-0.1, -0.05) is 13.3 Å². The monoisotopic (exact) mass is 181 g/mol. The van der Waals surface area contributed by atoms with Crippen molar-refractivity contribution in [2.75, 3.05) is 6.54 Å². The maximum atomic E-state index is 11.5. The van der Waals surface area contributed by atoms with Crippen LogP contribution >= 0.6 is 0 Å². The largest absolute Gasteiger partial charge is 0.461 e. The molecule has 1 aromatic heterocycles. The third-order valence-corrected chi connectivity index (χ3v) is 2.18. The van der Waals surface area contributed by atoms with Crippen molar-refractivity contribution >= 4 is 5.78 Å². The molecule has 3 nitrogen and oxygen atoms in total. The zero-order chi connectivity index (χ0) is 9.68. The molecule has 1 atom stereocenters. The van der Waals surface area contributed by atoms with E-state index in [1.54, 1.807) is 12.1 Å². The van der Waals surface area contributed by atoms with Gasteiger partial charge in [0.2, 0.25) is 0 Å². The molecule has 72 valence electrons. The summed E-state index contributed by atoms with van der Waals surface area (Å²) < 4.78 is 4.99. The van der Waals surface area contributed by atoms with Gasteiger partial charge in [0.05, 0.1) is 6.26 Å². The SMILES string of the molecule is CCC(CN)CC(=O)c1ccco1. The van der Waals surface area contributed by atoms with Crippen LogP contribution in [0.2, 0.25) is 0 Å². The Hall–Kier alpha value is -1.09. The average molecular weight is 181 g/mol. The molecule has 0 fully saturated rings. The zero-order valence-electron chi connectivity index (χ0n) is 7.82. The van der Waals surface area contributed by atoms with Crippen LogP contribution in [-0.4, -0.2) is 12.3 Å². The Bertz CT molecular complexity index is 250. The molecule has 0 spiro atoms. The second-order valence-corrected chi connectivity index (χ2v) is 3.11. The Labute approximate surface area is 77.9 Å². The molecule has 0 aliphatic heterocycles. The number of carbonyl (C=O) groups excluding carboxylic acids is 1. The molecule has 1 rings (SSSR count). The van der Waals surface area contributed by atoms with Crippen LogP contribution in [0.5, 0.6) is 0 Å². The predicted molar refractivity (Wildman–Crippen MR) is 50.5 cm³/mol. The van der Waals surface area contributed by atoms with E-state index in [1.165, 1.54) is 6.26 Å². The minimum atomic E-state index is 0.0438. The molecule has 0 aliphatic rings. The Morgan fingerprint density at radius 3 is 2.92 bits per heavy atom. The third-order valence-electron chi connectivity index (χ3n) is 2.18. The van der Waals surface area contributed by atoms with E-state index >= 15 is 0 Å². The van der Waals surface area contributed by atoms with Crippen molar-refractivity contribution in [1.82, 2.24) is 0 Å². The minimum absolute atomic E-state index is 0.0438. The topological polar surface area (TPSA) is 56.2 Å². The number of nitrogens with two attached hydrogens (primary N) is 1. The van der Waals surface area contributed by atoms with E-state index in [9.17, 15) is 4.79 Å². The van der Waals surface area contributed by atoms with Gasteiger partial charge in [-0.05, 0) is 24.6 Å². The van der Waals surface area contributed by atoms with Crippen molar-refractivity contribution in [3.8, 4) is 0 Å². The van der Waals surface area contributed by atoms with E-state index in [1.807, 2.05) is 6.92 Å². The van der Waals surface area contributed by atoms with E-state index in [4.69, 9.17) is 10.2 Å². The van der Waals surface area contributed by atoms with Gasteiger partial charge in [-0.15, -0.1) is 0 Å². The summed E-state index contributed by atoms with van der Waals surface area (Å²) in [6, 6.07) is 3.40. The van der Waals surface area contributed by atoms with Crippen LogP contribution in [0.25, 0.3) is 0 Å². The second-order valence-electron chi connectivity index (χ2n) is 3.11. The van der Waals surface area contributed by atoms with Crippen LogP contribution in [0.4, 0.5) is 0 Å². The fourth-order valence-corrected chi connectivity index (χ4v) is 1.19. The lowest BCUT2D eigenvalue weighted by Gasteiger charge is -2.08. The van der Waals surface area contributed by atoms with Crippen molar-refractivity contribution in [3.05, 3.63) is 24.2 Å². The summed E-state index contributed by atoms with van der Waals surface area (Å²) in [5.41, 5.74) is 5.50. The van der Waals surface area contributed by atoms with Crippen molar-refractivity contribution in [3.63, 3.8) is 0 Å². The number of Topliss-reactive ketones (excluding diaryl/α,β-unsaturated/α-hetero) is 1. The fourth-order valence-electron chi connectivity index (χ4n) is 1.19. The van der Waals surface area contributed by atoms with Crippen molar-refractivity contribution in [2.45, 2.75) is 19.8 Å². The summed E-state index contributed by atoms with van der Waals surface area (Å²) in [7, 11) is 0. The van der Waals surface area contributed by atoms with Gasteiger partial charge in [0.25, 0.3) is 0 Å². The number of carbonyl (C=O) groups is 1. The molecule has 1 aromatic rings. The van der Waals surface area contributed by atoms with Gasteiger partial charge < -0.3 is 10.2 Å². The van der Waals surface area contributed by atoms with Crippen LogP contribution in [-0.2, 0) is 0 Å². The molecule has 3 heteroatoms. The fraction of sp³-hybridized carbons (Fsp3) is 0.500. The first-order chi connectivity index (χ1) is 6.27. The molecule has 1 heterocycles. The van der Waals surface area contributed by atoms with Crippen LogP contribution in [0.15, 0.2) is 22.8 Å². The highest BCUT2D eigenvalue weighted by Gasteiger charge is 2.13. The molecule has 0 radical (unpaired) electrons. The molecular formula is C10H15NO2. The average Bonchev–Trinajstić information content (AvgIpc) is 2.66. The molecule has 0 saturated carbocycles. The van der Waals surface area contributed by atoms with E-state index in [2.05, 4.69) is 0 Å². The molecule has 13 heavy (non-hydrogen) atoms. The van der Waals surface area contributed by atoms with Crippen LogP contribution in [0.1, 0.15) is 30.3 Å². The van der Waals surface area contributed by atoms with Crippen LogP contribution in [0, 0.1) is 5.92 Å². The first-order valence-electron chi connectivity index (χ1n) is 4.54. The zero-order valence-corrected chi connectivity index (χ0v) is 7.82. The molecule has 1 unspecified atom stereocenters. The highest BCUT2D eigenvalue weighted by atomic mass is 16.3. The molecular weight excluding hydrogens is 166 g/mol. The Morgan fingerprint density at radius 2 is 2.46 bits per heavy atom. The van der Waals surface area contributed by atoms with Gasteiger partial charge in [0.15, 0.2) is 11.5 Å². The van der Waals surface area contributed by atoms with Crippen LogP contribution in [0.3, 0.4) is 0 Å². The number of furan rings is 1. The van der Waals surface area contributed by atoms with Gasteiger partial charge in [0.1, 0.15) is 0 Å². The lowest BCUT2D eigenvalue weighted by atomic mass is 9.99. The lowest BCUT2D eigenvalue weighted by molar-refractivity contribution is 0.0934. The molecule has 0 aromatic carbocycles. The quantitative estimate of drug-likeness (QED) is 0.705.